The molecule has 1 aliphatic carbocycles. The van der Waals surface area contributed by atoms with Crippen LogP contribution in [0.25, 0.3) is 16.8 Å². The minimum Gasteiger partial charge on any atom is -0.396 e. The number of aliphatic hydroxyl groups is 1. The number of aliphatic hydroxyl groups excluding tert-OH is 1. The van der Waals surface area contributed by atoms with Gasteiger partial charge in [-0.15, -0.1) is 0 Å². The number of imidazole rings is 1. The maximum atomic E-state index is 14.3. The van der Waals surface area contributed by atoms with E-state index in [2.05, 4.69) is 4.98 Å². The predicted octanol–water partition coefficient (Wildman–Crippen LogP) is 3.19. The number of rotatable bonds is 6. The van der Waals surface area contributed by atoms with Gasteiger partial charge in [-0.3, -0.25) is 9.20 Å². The number of pyridine rings is 1. The number of halogens is 2. The molecule has 0 spiro atoms. The number of anilines is 1. The molecule has 5 nitrogen and oxygen atoms in total. The lowest BCUT2D eigenvalue weighted by Crippen LogP contribution is -2.10. The Kier molecular flexibility index (Phi) is 4.39. The molecular weight excluding hydrogens is 352 g/mol. The Hall–Kier alpha value is -2.80. The number of nitrogens with two attached hydrogens (primary N) is 1. The number of fused-ring (bicyclic) bond motifs is 1. The fourth-order valence-corrected chi connectivity index (χ4v) is 3.42. The molecule has 27 heavy (non-hydrogen) atoms. The summed E-state index contributed by atoms with van der Waals surface area (Å²) in [6.45, 7) is -0.0324. The fraction of sp³-hybridized carbons (Fsp3) is 0.300. The van der Waals surface area contributed by atoms with Crippen LogP contribution in [0.4, 0.5) is 14.6 Å². The van der Waals surface area contributed by atoms with Crippen molar-refractivity contribution in [3.05, 3.63) is 53.6 Å². The average Bonchev–Trinajstić information content (AvgIpc) is 3.29. The lowest BCUT2D eigenvalue weighted by atomic mass is 9.97. The van der Waals surface area contributed by atoms with Gasteiger partial charge in [0.1, 0.15) is 23.3 Å². The van der Waals surface area contributed by atoms with Crippen LogP contribution in [0.1, 0.15) is 28.9 Å². The van der Waals surface area contributed by atoms with Gasteiger partial charge in [0.05, 0.1) is 5.92 Å². The van der Waals surface area contributed by atoms with Crippen LogP contribution < -0.4 is 5.73 Å². The van der Waals surface area contributed by atoms with E-state index >= 15 is 0 Å². The van der Waals surface area contributed by atoms with Crippen LogP contribution in [-0.2, 0) is 6.42 Å². The first kappa shape index (κ1) is 17.6. The molecular formula is C20H19F2N3O2. The number of hydrogen-bond donors (Lipinski definition) is 2. The van der Waals surface area contributed by atoms with Crippen LogP contribution in [0, 0.1) is 11.7 Å². The van der Waals surface area contributed by atoms with Crippen molar-refractivity contribution in [3.8, 4) is 11.1 Å². The summed E-state index contributed by atoms with van der Waals surface area (Å²) in [6.07, 6.45) is 1.59. The molecule has 3 aromatic rings. The van der Waals surface area contributed by atoms with Gasteiger partial charge in [0.15, 0.2) is 11.6 Å². The van der Waals surface area contributed by atoms with Gasteiger partial charge >= 0.3 is 0 Å². The van der Waals surface area contributed by atoms with Gasteiger partial charge in [-0.2, -0.15) is 0 Å². The summed E-state index contributed by atoms with van der Waals surface area (Å²) >= 11 is 0. The molecule has 0 radical (unpaired) electrons. The number of carbonyl (C=O) groups excluding carboxylic acids is 1. The summed E-state index contributed by atoms with van der Waals surface area (Å²) in [5, 5.41) is 9.08. The highest BCUT2D eigenvalue weighted by atomic mass is 19.1. The Morgan fingerprint density at radius 1 is 1.33 bits per heavy atom. The van der Waals surface area contributed by atoms with Crippen molar-refractivity contribution in [3.63, 3.8) is 0 Å². The van der Waals surface area contributed by atoms with Crippen molar-refractivity contribution >= 4 is 17.2 Å². The number of aromatic nitrogens is 2. The summed E-state index contributed by atoms with van der Waals surface area (Å²) < 4.78 is 29.2. The Morgan fingerprint density at radius 3 is 2.81 bits per heavy atom. The molecule has 2 heterocycles. The van der Waals surface area contributed by atoms with E-state index in [0.29, 0.717) is 35.2 Å². The molecule has 7 heteroatoms. The van der Waals surface area contributed by atoms with E-state index in [0.717, 1.165) is 0 Å². The third-order valence-corrected chi connectivity index (χ3v) is 4.94. The minimum atomic E-state index is -1.13. The number of carbonyl (C=O) groups is 1. The zero-order valence-corrected chi connectivity index (χ0v) is 14.5. The van der Waals surface area contributed by atoms with Gasteiger partial charge in [0.2, 0.25) is 0 Å². The third kappa shape index (κ3) is 3.08. The van der Waals surface area contributed by atoms with Crippen molar-refractivity contribution in [2.24, 2.45) is 5.92 Å². The number of ketones is 1. The normalized spacial score (nSPS) is 18.8. The van der Waals surface area contributed by atoms with E-state index < -0.39 is 12.1 Å². The van der Waals surface area contributed by atoms with E-state index in [1.165, 1.54) is 6.07 Å². The molecule has 4 rings (SSSR count). The summed E-state index contributed by atoms with van der Waals surface area (Å²) in [5.41, 5.74) is 8.42. The average molecular weight is 371 g/mol. The van der Waals surface area contributed by atoms with Crippen LogP contribution in [0.3, 0.4) is 0 Å². The van der Waals surface area contributed by atoms with E-state index in [9.17, 15) is 13.6 Å². The molecule has 140 valence electrons. The zero-order chi connectivity index (χ0) is 19.1. The summed E-state index contributed by atoms with van der Waals surface area (Å²) in [6, 6.07) is 8.26. The van der Waals surface area contributed by atoms with E-state index in [-0.39, 0.29) is 36.1 Å². The Labute approximate surface area is 154 Å². The van der Waals surface area contributed by atoms with Gasteiger partial charge in [0, 0.05) is 12.8 Å². The summed E-state index contributed by atoms with van der Waals surface area (Å²) in [7, 11) is 0. The summed E-state index contributed by atoms with van der Waals surface area (Å²) in [5.74, 6) is -1.30. The monoisotopic (exact) mass is 371 g/mol. The largest absolute Gasteiger partial charge is 0.396 e. The molecule has 1 fully saturated rings. The quantitative estimate of drug-likeness (QED) is 0.652. The smallest absolute Gasteiger partial charge is 0.189 e. The van der Waals surface area contributed by atoms with Crippen molar-refractivity contribution in [1.29, 1.82) is 0 Å². The molecule has 1 aromatic carbocycles. The molecule has 2 aromatic heterocycles. The van der Waals surface area contributed by atoms with Crippen molar-refractivity contribution in [1.82, 2.24) is 9.38 Å². The molecule has 0 saturated heterocycles. The summed E-state index contributed by atoms with van der Waals surface area (Å²) in [4.78, 5) is 16.7. The van der Waals surface area contributed by atoms with Crippen molar-refractivity contribution < 1.29 is 18.7 Å². The number of hydrogen-bond acceptors (Lipinski definition) is 4. The third-order valence-electron chi connectivity index (χ3n) is 4.94. The van der Waals surface area contributed by atoms with Gasteiger partial charge in [0.25, 0.3) is 0 Å². The SMILES string of the molecule is Nc1nc2ccc(-c3cccc(F)c3CCCO)cn2c1C(=O)[C@@H]1C[C@@H]1F. The molecule has 0 amide bonds. The second-order valence-electron chi connectivity index (χ2n) is 6.81. The molecule has 0 unspecified atom stereocenters. The molecule has 3 N–H and O–H groups in total. The van der Waals surface area contributed by atoms with Gasteiger partial charge in [-0.05, 0) is 54.2 Å². The lowest BCUT2D eigenvalue weighted by Gasteiger charge is -2.11. The second kappa shape index (κ2) is 6.74. The second-order valence-corrected chi connectivity index (χ2v) is 6.81. The Balaban J connectivity index is 1.83. The van der Waals surface area contributed by atoms with E-state index in [4.69, 9.17) is 10.8 Å². The number of alkyl halides is 1. The molecule has 0 bridgehead atoms. The highest BCUT2D eigenvalue weighted by Gasteiger charge is 2.45. The Morgan fingerprint density at radius 2 is 2.11 bits per heavy atom. The van der Waals surface area contributed by atoms with E-state index in [1.807, 2.05) is 0 Å². The standard InChI is InChI=1S/C20H19F2N3O2/c21-15-5-1-3-12(13(15)4-2-8-26)11-6-7-17-24-20(23)18(25(17)10-11)19(27)14-9-16(14)22/h1,3,5-7,10,14,16,26H,2,4,8-9,23H2/t14-,16+/m1/s1. The number of nitrogens with zero attached hydrogens (tertiary/aromatic N) is 2. The lowest BCUT2D eigenvalue weighted by molar-refractivity contribution is 0.0952. The molecule has 1 aliphatic rings. The van der Waals surface area contributed by atoms with Crippen LogP contribution in [0.5, 0.6) is 0 Å². The Bertz CT molecular complexity index is 1030. The highest BCUT2D eigenvalue weighted by molar-refractivity contribution is 6.03. The van der Waals surface area contributed by atoms with Gasteiger partial charge in [-0.1, -0.05) is 12.1 Å². The topological polar surface area (TPSA) is 80.6 Å². The van der Waals surface area contributed by atoms with Crippen LogP contribution in [-0.4, -0.2) is 33.1 Å². The predicted molar refractivity (Wildman–Crippen MR) is 97.7 cm³/mol. The number of benzene rings is 1. The fourth-order valence-electron chi connectivity index (χ4n) is 3.42. The first-order chi connectivity index (χ1) is 13.0. The van der Waals surface area contributed by atoms with Crippen LogP contribution in [0.15, 0.2) is 36.5 Å². The first-order valence-corrected chi connectivity index (χ1v) is 8.85. The zero-order valence-electron chi connectivity index (χ0n) is 14.5. The first-order valence-electron chi connectivity index (χ1n) is 8.85. The van der Waals surface area contributed by atoms with Crippen molar-refractivity contribution in [2.75, 3.05) is 12.3 Å². The van der Waals surface area contributed by atoms with Gasteiger partial charge in [-0.25, -0.2) is 13.8 Å². The molecule has 0 aliphatic heterocycles. The minimum absolute atomic E-state index is 0.0324. The maximum absolute atomic E-state index is 14.3. The number of Topliss-reactive ketones (excluding diaryl/α,β-unsaturated/α-hetero) is 1. The van der Waals surface area contributed by atoms with Crippen molar-refractivity contribution in [2.45, 2.75) is 25.4 Å². The molecule has 1 saturated carbocycles. The molecule has 2 atom stereocenters. The number of nitrogen functional groups attached to an aromatic ring is 1. The van der Waals surface area contributed by atoms with E-state index in [1.54, 1.807) is 34.9 Å². The van der Waals surface area contributed by atoms with Gasteiger partial charge < -0.3 is 10.8 Å². The maximum Gasteiger partial charge on any atom is 0.189 e. The van der Waals surface area contributed by atoms with Crippen LogP contribution >= 0.6 is 0 Å². The highest BCUT2D eigenvalue weighted by Crippen LogP contribution is 2.38. The van der Waals surface area contributed by atoms with Crippen LogP contribution in [0.2, 0.25) is 0 Å².